The zero-order valence-electron chi connectivity index (χ0n) is 18.9. The molecule has 0 bridgehead atoms. The molecule has 0 aliphatic heterocycles. The Bertz CT molecular complexity index is 1270. The summed E-state index contributed by atoms with van der Waals surface area (Å²) in [4.78, 5) is 11.8. The van der Waals surface area contributed by atoms with E-state index >= 15 is 0 Å². The molecule has 2 aromatic heterocycles. The molecule has 0 radical (unpaired) electrons. The van der Waals surface area contributed by atoms with E-state index in [2.05, 4.69) is 27.1 Å². The molecule has 8 nitrogen and oxygen atoms in total. The van der Waals surface area contributed by atoms with Crippen molar-refractivity contribution in [1.29, 1.82) is 0 Å². The lowest BCUT2D eigenvalue weighted by atomic mass is 10.1. The van der Waals surface area contributed by atoms with Gasteiger partial charge in [0.15, 0.2) is 0 Å². The average Bonchev–Trinajstić information content (AvgIpc) is 3.57. The summed E-state index contributed by atoms with van der Waals surface area (Å²) in [6, 6.07) is 12.2. The van der Waals surface area contributed by atoms with Crippen LogP contribution in [0.1, 0.15) is 12.8 Å². The van der Waals surface area contributed by atoms with Crippen molar-refractivity contribution >= 4 is 22.4 Å². The van der Waals surface area contributed by atoms with Gasteiger partial charge >= 0.3 is 0 Å². The maximum atomic E-state index is 5.82. The lowest BCUT2D eigenvalue weighted by molar-refractivity contribution is 0.325. The highest BCUT2D eigenvalue weighted by molar-refractivity contribution is 5.82. The van der Waals surface area contributed by atoms with Crippen LogP contribution in [0.2, 0.25) is 0 Å². The third-order valence-corrected chi connectivity index (χ3v) is 5.77. The second-order valence-electron chi connectivity index (χ2n) is 8.39. The molecular formula is C25H28N6O2. The van der Waals surface area contributed by atoms with Crippen LogP contribution in [0.25, 0.3) is 22.3 Å². The number of aromatic nitrogens is 4. The number of nitrogens with zero attached hydrogens (tertiary/aromatic N) is 5. The van der Waals surface area contributed by atoms with Gasteiger partial charge in [0.25, 0.3) is 0 Å². The van der Waals surface area contributed by atoms with Gasteiger partial charge in [-0.05, 0) is 37.0 Å². The summed E-state index contributed by atoms with van der Waals surface area (Å²) in [7, 11) is 3.56. The number of ether oxygens (including phenoxy) is 2. The Hall–Kier alpha value is -3.65. The van der Waals surface area contributed by atoms with E-state index in [1.165, 1.54) is 12.8 Å². The van der Waals surface area contributed by atoms with Gasteiger partial charge in [-0.3, -0.25) is 9.67 Å². The van der Waals surface area contributed by atoms with E-state index in [1.807, 2.05) is 37.5 Å². The van der Waals surface area contributed by atoms with Gasteiger partial charge in [-0.25, -0.2) is 4.98 Å². The molecule has 1 fully saturated rings. The zero-order valence-corrected chi connectivity index (χ0v) is 18.9. The number of anilines is 2. The van der Waals surface area contributed by atoms with E-state index in [0.29, 0.717) is 19.1 Å². The number of aryl methyl sites for hydroxylation is 1. The minimum atomic E-state index is 0.456. The predicted octanol–water partition coefficient (Wildman–Crippen LogP) is 3.92. The first kappa shape index (κ1) is 21.2. The quantitative estimate of drug-likeness (QED) is 0.418. The van der Waals surface area contributed by atoms with Gasteiger partial charge in [0, 0.05) is 61.5 Å². The minimum absolute atomic E-state index is 0.456. The highest BCUT2D eigenvalue weighted by Gasteiger charge is 2.26. The topological polar surface area (TPSA) is 91.3 Å². The van der Waals surface area contributed by atoms with Crippen LogP contribution in [-0.4, -0.2) is 46.6 Å². The smallest absolute Gasteiger partial charge is 0.125 e. The lowest BCUT2D eigenvalue weighted by Gasteiger charge is -2.26. The number of rotatable bonds is 9. The van der Waals surface area contributed by atoms with Crippen LogP contribution in [0, 0.1) is 5.92 Å². The summed E-state index contributed by atoms with van der Waals surface area (Å²) in [5.41, 5.74) is 11.2. The van der Waals surface area contributed by atoms with Gasteiger partial charge in [-0.2, -0.15) is 5.10 Å². The normalized spacial score (nSPS) is 13.3. The first-order chi connectivity index (χ1) is 16.1. The Morgan fingerprint density at radius 2 is 1.91 bits per heavy atom. The molecule has 5 rings (SSSR count). The van der Waals surface area contributed by atoms with Crippen LogP contribution in [-0.2, 0) is 7.05 Å². The lowest BCUT2D eigenvalue weighted by Crippen LogP contribution is -2.20. The van der Waals surface area contributed by atoms with Crippen molar-refractivity contribution < 1.29 is 9.47 Å². The zero-order chi connectivity index (χ0) is 22.8. The van der Waals surface area contributed by atoms with Crippen molar-refractivity contribution in [2.45, 2.75) is 12.8 Å². The molecule has 8 heteroatoms. The summed E-state index contributed by atoms with van der Waals surface area (Å²) >= 11 is 0. The first-order valence-corrected chi connectivity index (χ1v) is 11.2. The Morgan fingerprint density at radius 1 is 1.06 bits per heavy atom. The van der Waals surface area contributed by atoms with Gasteiger partial charge in [0.2, 0.25) is 0 Å². The van der Waals surface area contributed by atoms with Crippen LogP contribution in [0.4, 0.5) is 11.4 Å². The van der Waals surface area contributed by atoms with Crippen LogP contribution in [0.5, 0.6) is 11.5 Å². The largest absolute Gasteiger partial charge is 0.497 e. The molecule has 0 atom stereocenters. The van der Waals surface area contributed by atoms with E-state index in [1.54, 1.807) is 24.2 Å². The van der Waals surface area contributed by atoms with Gasteiger partial charge in [-0.15, -0.1) is 0 Å². The summed E-state index contributed by atoms with van der Waals surface area (Å²) in [5.74, 6) is 2.17. The average molecular weight is 445 g/mol. The number of benzene rings is 2. The highest BCUT2D eigenvalue weighted by atomic mass is 16.5. The molecule has 170 valence electrons. The molecular weight excluding hydrogens is 416 g/mol. The minimum Gasteiger partial charge on any atom is -0.497 e. The van der Waals surface area contributed by atoms with Crippen molar-refractivity contribution in [3.63, 3.8) is 0 Å². The number of hydrogen-bond acceptors (Lipinski definition) is 7. The van der Waals surface area contributed by atoms with E-state index in [9.17, 15) is 0 Å². The molecule has 1 aliphatic rings. The van der Waals surface area contributed by atoms with Crippen LogP contribution < -0.4 is 20.1 Å². The highest BCUT2D eigenvalue weighted by Crippen LogP contribution is 2.38. The van der Waals surface area contributed by atoms with Gasteiger partial charge in [0.1, 0.15) is 18.1 Å². The summed E-state index contributed by atoms with van der Waals surface area (Å²) in [6.07, 6.45) is 8.03. The van der Waals surface area contributed by atoms with Crippen LogP contribution >= 0.6 is 0 Å². The molecule has 0 amide bonds. The Labute approximate surface area is 193 Å². The van der Waals surface area contributed by atoms with Crippen LogP contribution in [0.15, 0.2) is 55.0 Å². The summed E-state index contributed by atoms with van der Waals surface area (Å²) in [6.45, 7) is 1.84. The Kier molecular flexibility index (Phi) is 5.83. The maximum Gasteiger partial charge on any atom is 0.125 e. The van der Waals surface area contributed by atoms with E-state index < -0.39 is 0 Å². The fourth-order valence-corrected chi connectivity index (χ4v) is 3.87. The van der Waals surface area contributed by atoms with Crippen molar-refractivity contribution in [3.8, 4) is 22.8 Å². The van der Waals surface area contributed by atoms with Crippen molar-refractivity contribution in [2.75, 3.05) is 31.7 Å². The predicted molar refractivity (Wildman–Crippen MR) is 129 cm³/mol. The molecule has 1 saturated carbocycles. The second kappa shape index (κ2) is 9.07. The SMILES string of the molecule is COc1cc(OCCN)cc(N(CC2CC2)c2ccc3ncc(-c4cnn(C)c4)nc3c2)c1. The molecule has 1 aliphatic carbocycles. The van der Waals surface area contributed by atoms with E-state index in [0.717, 1.165) is 51.7 Å². The second-order valence-corrected chi connectivity index (χ2v) is 8.39. The monoisotopic (exact) mass is 444 g/mol. The Morgan fingerprint density at radius 3 is 2.64 bits per heavy atom. The molecule has 0 saturated heterocycles. The molecule has 2 N–H and O–H groups in total. The van der Waals surface area contributed by atoms with Crippen LogP contribution in [0.3, 0.4) is 0 Å². The first-order valence-electron chi connectivity index (χ1n) is 11.2. The van der Waals surface area contributed by atoms with Crippen molar-refractivity contribution in [2.24, 2.45) is 18.7 Å². The number of nitrogens with two attached hydrogens (primary N) is 1. The van der Waals surface area contributed by atoms with Gasteiger partial charge < -0.3 is 20.1 Å². The molecule has 0 unspecified atom stereocenters. The van der Waals surface area contributed by atoms with Gasteiger partial charge in [-0.1, -0.05) is 0 Å². The summed E-state index contributed by atoms with van der Waals surface area (Å²) < 4.78 is 13.1. The van der Waals surface area contributed by atoms with Crippen molar-refractivity contribution in [3.05, 3.63) is 55.0 Å². The molecule has 4 aromatic rings. The number of fused-ring (bicyclic) bond motifs is 1. The maximum absolute atomic E-state index is 5.82. The third-order valence-electron chi connectivity index (χ3n) is 5.77. The summed E-state index contributed by atoms with van der Waals surface area (Å²) in [5, 5.41) is 4.25. The molecule has 2 aromatic carbocycles. The number of hydrogen-bond donors (Lipinski definition) is 1. The third kappa shape index (κ3) is 4.75. The standard InChI is InChI=1S/C25H28N6O2/c1-30-16-18(13-28-30)25-14-27-23-6-5-19(11-24(23)29-25)31(15-17-3-4-17)20-9-21(32-2)12-22(10-20)33-8-7-26/h5-6,9-14,16-17H,3-4,7-8,15,26H2,1-2H3. The van der Waals surface area contributed by atoms with E-state index in [-0.39, 0.29) is 0 Å². The molecule has 2 heterocycles. The number of methoxy groups -OCH3 is 1. The Balaban J connectivity index is 1.55. The van der Waals surface area contributed by atoms with Crippen molar-refractivity contribution in [1.82, 2.24) is 19.7 Å². The molecule has 33 heavy (non-hydrogen) atoms. The molecule has 0 spiro atoms. The van der Waals surface area contributed by atoms with Gasteiger partial charge in [0.05, 0.1) is 36.2 Å². The fraction of sp³-hybridized carbons (Fsp3) is 0.320. The van der Waals surface area contributed by atoms with E-state index in [4.69, 9.17) is 20.2 Å². The fourth-order valence-electron chi connectivity index (χ4n) is 3.87.